The zero-order chi connectivity index (χ0) is 23.8. The number of nitrogens with one attached hydrogen (secondary N) is 2. The third kappa shape index (κ3) is 4.90. The molecule has 0 radical (unpaired) electrons. The molecular formula is C22H26F3N3O3S2. The Hall–Kier alpha value is -2.11. The topological polar surface area (TPSA) is 70.7 Å². The molecule has 3 heterocycles. The average molecular weight is 502 g/mol. The summed E-state index contributed by atoms with van der Waals surface area (Å²) < 4.78 is 46.1. The highest BCUT2D eigenvalue weighted by molar-refractivity contribution is 7.17. The zero-order valence-corrected chi connectivity index (χ0v) is 20.1. The van der Waals surface area contributed by atoms with Crippen molar-refractivity contribution in [3.05, 3.63) is 36.9 Å². The van der Waals surface area contributed by atoms with Crippen LogP contribution in [0.4, 0.5) is 23.0 Å². The molecule has 1 aliphatic heterocycles. The smallest absolute Gasteiger partial charge is 0.425 e. The fourth-order valence-electron chi connectivity index (χ4n) is 4.50. The fraction of sp³-hybridized carbons (Fsp3) is 0.545. The number of alkyl halides is 3. The maximum absolute atomic E-state index is 13.7. The molecule has 2 amide bonds. The SMILES string of the molecule is CCN1CCc2c(sc(C(F)(F)F)c2CNC(=O)Nc2sc3c(c2C(=O)OC)CCCC3)C1. The second-order valence-electron chi connectivity index (χ2n) is 8.14. The molecule has 2 aromatic rings. The number of aryl methyl sites for hydroxylation is 1. The highest BCUT2D eigenvalue weighted by Gasteiger charge is 2.39. The molecule has 2 aliphatic rings. The number of nitrogens with zero attached hydrogens (tertiary/aromatic N) is 1. The normalized spacial score (nSPS) is 16.2. The van der Waals surface area contributed by atoms with Crippen LogP contribution in [0.2, 0.25) is 0 Å². The molecule has 0 fully saturated rings. The number of esters is 1. The van der Waals surface area contributed by atoms with E-state index in [9.17, 15) is 22.8 Å². The number of thiophene rings is 2. The van der Waals surface area contributed by atoms with Crippen molar-refractivity contribution in [3.63, 3.8) is 0 Å². The number of carbonyl (C=O) groups is 2. The Labute approximate surface area is 198 Å². The van der Waals surface area contributed by atoms with E-state index in [1.807, 2.05) is 6.92 Å². The first-order valence-electron chi connectivity index (χ1n) is 10.9. The first kappa shape index (κ1) is 24.0. The van der Waals surface area contributed by atoms with Crippen LogP contribution in [0.5, 0.6) is 0 Å². The predicted octanol–water partition coefficient (Wildman–Crippen LogP) is 5.19. The Morgan fingerprint density at radius 2 is 1.85 bits per heavy atom. The number of urea groups is 1. The minimum atomic E-state index is -4.47. The van der Waals surface area contributed by atoms with Crippen molar-refractivity contribution < 1.29 is 27.5 Å². The van der Waals surface area contributed by atoms with Crippen LogP contribution >= 0.6 is 22.7 Å². The van der Waals surface area contributed by atoms with Crippen molar-refractivity contribution in [3.8, 4) is 0 Å². The van der Waals surface area contributed by atoms with Gasteiger partial charge in [0, 0.05) is 29.4 Å². The van der Waals surface area contributed by atoms with E-state index in [1.54, 1.807) is 0 Å². The molecule has 11 heteroatoms. The Balaban J connectivity index is 1.53. The third-order valence-corrected chi connectivity index (χ3v) is 8.67. The maximum atomic E-state index is 13.7. The second kappa shape index (κ2) is 9.63. The molecule has 0 spiro atoms. The Bertz CT molecular complexity index is 1060. The fourth-order valence-corrected chi connectivity index (χ4v) is 7.04. The molecular weight excluding hydrogens is 475 g/mol. The molecule has 33 heavy (non-hydrogen) atoms. The van der Waals surface area contributed by atoms with Crippen molar-refractivity contribution in [2.75, 3.05) is 25.5 Å². The standard InChI is InChI=1S/C22H26F3N3O3S2/c1-3-28-9-8-12-14(18(22(23,24)25)32-16(12)11-28)10-26-21(30)27-19-17(20(29)31-2)13-6-4-5-7-15(13)33-19/h3-11H2,1-2H3,(H2,26,27,30). The van der Waals surface area contributed by atoms with Gasteiger partial charge in [0.05, 0.1) is 12.7 Å². The molecule has 2 aromatic heterocycles. The van der Waals surface area contributed by atoms with E-state index in [4.69, 9.17) is 4.74 Å². The van der Waals surface area contributed by atoms with E-state index in [2.05, 4.69) is 15.5 Å². The van der Waals surface area contributed by atoms with Crippen molar-refractivity contribution in [2.45, 2.75) is 58.3 Å². The van der Waals surface area contributed by atoms with Gasteiger partial charge in [0.15, 0.2) is 0 Å². The monoisotopic (exact) mass is 501 g/mol. The number of anilines is 1. The summed E-state index contributed by atoms with van der Waals surface area (Å²) in [4.78, 5) is 28.2. The third-order valence-electron chi connectivity index (χ3n) is 6.16. The van der Waals surface area contributed by atoms with Gasteiger partial charge in [-0.2, -0.15) is 13.2 Å². The predicted molar refractivity (Wildman–Crippen MR) is 122 cm³/mol. The summed E-state index contributed by atoms with van der Waals surface area (Å²) in [5, 5.41) is 5.65. The maximum Gasteiger partial charge on any atom is 0.425 e. The molecule has 0 saturated carbocycles. The molecule has 0 unspecified atom stereocenters. The van der Waals surface area contributed by atoms with Crippen molar-refractivity contribution in [2.24, 2.45) is 0 Å². The van der Waals surface area contributed by atoms with E-state index in [0.29, 0.717) is 40.5 Å². The van der Waals surface area contributed by atoms with Gasteiger partial charge < -0.3 is 10.1 Å². The van der Waals surface area contributed by atoms with Crippen LogP contribution < -0.4 is 10.6 Å². The number of ether oxygens (including phenoxy) is 1. The summed E-state index contributed by atoms with van der Waals surface area (Å²) in [7, 11) is 1.29. The van der Waals surface area contributed by atoms with Gasteiger partial charge in [0.2, 0.25) is 0 Å². The van der Waals surface area contributed by atoms with E-state index in [0.717, 1.165) is 54.0 Å². The van der Waals surface area contributed by atoms with E-state index in [-0.39, 0.29) is 12.1 Å². The van der Waals surface area contributed by atoms with Crippen LogP contribution in [0.3, 0.4) is 0 Å². The van der Waals surface area contributed by atoms with Crippen LogP contribution in [0, 0.1) is 0 Å². The van der Waals surface area contributed by atoms with Gasteiger partial charge in [-0.15, -0.1) is 22.7 Å². The summed E-state index contributed by atoms with van der Waals surface area (Å²) in [5.41, 5.74) is 2.10. The lowest BCUT2D eigenvalue weighted by molar-refractivity contribution is -0.135. The molecule has 180 valence electrons. The largest absolute Gasteiger partial charge is 0.465 e. The highest BCUT2D eigenvalue weighted by atomic mass is 32.1. The van der Waals surface area contributed by atoms with Gasteiger partial charge >= 0.3 is 18.2 Å². The first-order chi connectivity index (χ1) is 15.7. The lowest BCUT2D eigenvalue weighted by Crippen LogP contribution is -2.31. The number of fused-ring (bicyclic) bond motifs is 2. The number of hydrogen-bond acceptors (Lipinski definition) is 6. The zero-order valence-electron chi connectivity index (χ0n) is 18.5. The van der Waals surface area contributed by atoms with Gasteiger partial charge in [-0.05, 0) is 55.3 Å². The van der Waals surface area contributed by atoms with Gasteiger partial charge in [-0.25, -0.2) is 9.59 Å². The number of likely N-dealkylation sites (N-methyl/N-ethyl adjacent to an activating group) is 1. The van der Waals surface area contributed by atoms with Crippen LogP contribution in [0.15, 0.2) is 0 Å². The van der Waals surface area contributed by atoms with Crippen molar-refractivity contribution in [1.29, 1.82) is 0 Å². The summed E-state index contributed by atoms with van der Waals surface area (Å²) in [5.74, 6) is -0.517. The number of methoxy groups -OCH3 is 1. The van der Waals surface area contributed by atoms with Crippen molar-refractivity contribution >= 4 is 39.7 Å². The highest BCUT2D eigenvalue weighted by Crippen LogP contribution is 2.43. The van der Waals surface area contributed by atoms with Gasteiger partial charge in [0.25, 0.3) is 0 Å². The van der Waals surface area contributed by atoms with E-state index >= 15 is 0 Å². The number of halogens is 3. The Morgan fingerprint density at radius 1 is 1.09 bits per heavy atom. The Kier molecular flexibility index (Phi) is 7.01. The Morgan fingerprint density at radius 3 is 2.55 bits per heavy atom. The molecule has 6 nitrogen and oxygen atoms in total. The summed E-state index contributed by atoms with van der Waals surface area (Å²) in [6.45, 7) is 3.73. The van der Waals surface area contributed by atoms with Crippen LogP contribution in [0.25, 0.3) is 0 Å². The lowest BCUT2D eigenvalue weighted by atomic mass is 9.95. The molecule has 0 bridgehead atoms. The summed E-state index contributed by atoms with van der Waals surface area (Å²) in [6, 6.07) is -0.641. The summed E-state index contributed by atoms with van der Waals surface area (Å²) in [6.07, 6.45) is -0.407. The van der Waals surface area contributed by atoms with E-state index < -0.39 is 23.1 Å². The second-order valence-corrected chi connectivity index (χ2v) is 10.4. The average Bonchev–Trinajstić information content (AvgIpc) is 3.34. The van der Waals surface area contributed by atoms with Gasteiger partial charge in [0.1, 0.15) is 9.88 Å². The summed E-state index contributed by atoms with van der Waals surface area (Å²) >= 11 is 2.11. The number of carbonyl (C=O) groups excluding carboxylic acids is 2. The molecule has 0 atom stereocenters. The molecule has 0 aromatic carbocycles. The quantitative estimate of drug-likeness (QED) is 0.553. The first-order valence-corrected chi connectivity index (χ1v) is 12.6. The molecule has 4 rings (SSSR count). The van der Waals surface area contributed by atoms with Crippen LogP contribution in [-0.4, -0.2) is 37.1 Å². The van der Waals surface area contributed by atoms with Gasteiger partial charge in [-0.3, -0.25) is 10.2 Å². The molecule has 1 aliphatic carbocycles. The molecule has 0 saturated heterocycles. The minimum Gasteiger partial charge on any atom is -0.465 e. The van der Waals surface area contributed by atoms with Crippen molar-refractivity contribution in [1.82, 2.24) is 10.2 Å². The number of hydrogen-bond donors (Lipinski definition) is 2. The van der Waals surface area contributed by atoms with Crippen LogP contribution in [-0.2, 0) is 43.3 Å². The van der Waals surface area contributed by atoms with E-state index in [1.165, 1.54) is 18.4 Å². The minimum absolute atomic E-state index is 0.145. The number of rotatable bonds is 5. The number of amides is 2. The van der Waals surface area contributed by atoms with Gasteiger partial charge in [-0.1, -0.05) is 6.92 Å². The molecule has 2 N–H and O–H groups in total. The van der Waals surface area contributed by atoms with Crippen LogP contribution in [0.1, 0.15) is 61.4 Å². The lowest BCUT2D eigenvalue weighted by Gasteiger charge is -2.25.